The van der Waals surface area contributed by atoms with Crippen molar-refractivity contribution in [2.75, 3.05) is 11.9 Å². The van der Waals surface area contributed by atoms with Gasteiger partial charge in [-0.1, -0.05) is 24.3 Å². The third-order valence-corrected chi connectivity index (χ3v) is 5.88. The molecular formula is C27H22F4N4O3. The molecule has 0 radical (unpaired) electrons. The van der Waals surface area contributed by atoms with E-state index >= 15 is 0 Å². The zero-order chi connectivity index (χ0) is 27.6. The Hall–Kier alpha value is -4.46. The van der Waals surface area contributed by atoms with Crippen molar-refractivity contribution in [3.05, 3.63) is 88.9 Å². The highest BCUT2D eigenvalue weighted by atomic mass is 19.4. The predicted octanol–water partition coefficient (Wildman–Crippen LogP) is 5.36. The molecule has 4 rings (SSSR count). The molecule has 2 aromatic carbocycles. The zero-order valence-electron chi connectivity index (χ0n) is 20.3. The van der Waals surface area contributed by atoms with Crippen molar-refractivity contribution >= 4 is 17.5 Å². The smallest absolute Gasteiger partial charge is 0.406 e. The van der Waals surface area contributed by atoms with Crippen LogP contribution < -0.4 is 10.1 Å². The van der Waals surface area contributed by atoms with E-state index in [9.17, 15) is 27.2 Å². The van der Waals surface area contributed by atoms with Gasteiger partial charge in [0.15, 0.2) is 0 Å². The van der Waals surface area contributed by atoms with E-state index in [2.05, 4.69) is 10.3 Å². The standard InChI is InChI=1S/C27H22F4N4O3/c1-15(2)38-22-10-7-16(13-33-22)24-23(25(36)34-18-8-9-21(28)17(11-18)12-32)19-5-3-4-6-20(19)26(37)35(24)14-27(29,30)31/h3-11,13,15,23-24H,14H2,1-2H3,(H,34,36)/t23-,24+/m0/s1. The average molecular weight is 526 g/mol. The van der Waals surface area contributed by atoms with Gasteiger partial charge in [0, 0.05) is 23.5 Å². The lowest BCUT2D eigenvalue weighted by molar-refractivity contribution is -0.148. The minimum atomic E-state index is -4.76. The number of rotatable bonds is 6. The molecule has 0 saturated carbocycles. The van der Waals surface area contributed by atoms with E-state index in [0.29, 0.717) is 4.90 Å². The number of pyridine rings is 1. The number of nitriles is 1. The van der Waals surface area contributed by atoms with Crippen LogP contribution in [0.5, 0.6) is 5.88 Å². The third-order valence-electron chi connectivity index (χ3n) is 5.88. The number of hydrogen-bond donors (Lipinski definition) is 1. The van der Waals surface area contributed by atoms with Crippen LogP contribution in [0.25, 0.3) is 0 Å². The summed E-state index contributed by atoms with van der Waals surface area (Å²) in [6.45, 7) is 1.96. The van der Waals surface area contributed by atoms with Crippen molar-refractivity contribution in [1.82, 2.24) is 9.88 Å². The molecular weight excluding hydrogens is 504 g/mol. The first-order valence-corrected chi connectivity index (χ1v) is 11.6. The van der Waals surface area contributed by atoms with Crippen LogP contribution in [0.1, 0.15) is 52.9 Å². The largest absolute Gasteiger partial charge is 0.475 e. The quantitative estimate of drug-likeness (QED) is 0.437. The van der Waals surface area contributed by atoms with E-state index in [1.165, 1.54) is 42.6 Å². The summed E-state index contributed by atoms with van der Waals surface area (Å²) >= 11 is 0. The first-order valence-electron chi connectivity index (χ1n) is 11.6. The van der Waals surface area contributed by atoms with Crippen LogP contribution in [0.4, 0.5) is 23.2 Å². The number of halogens is 4. The van der Waals surface area contributed by atoms with Crippen LogP contribution >= 0.6 is 0 Å². The Balaban J connectivity index is 1.83. The molecule has 196 valence electrons. The Morgan fingerprint density at radius 1 is 1.18 bits per heavy atom. The van der Waals surface area contributed by atoms with Crippen molar-refractivity contribution in [3.8, 4) is 11.9 Å². The molecule has 0 saturated heterocycles. The van der Waals surface area contributed by atoms with Gasteiger partial charge in [-0.05, 0) is 49.2 Å². The zero-order valence-corrected chi connectivity index (χ0v) is 20.3. The second kappa shape index (κ2) is 10.5. The van der Waals surface area contributed by atoms with Crippen LogP contribution in [0.15, 0.2) is 60.8 Å². The molecule has 1 aliphatic rings. The van der Waals surface area contributed by atoms with Gasteiger partial charge < -0.3 is 15.0 Å². The molecule has 38 heavy (non-hydrogen) atoms. The summed E-state index contributed by atoms with van der Waals surface area (Å²) in [4.78, 5) is 31.8. The summed E-state index contributed by atoms with van der Waals surface area (Å²) in [6, 6.07) is 12.5. The molecule has 0 spiro atoms. The molecule has 1 N–H and O–H groups in total. The Kier molecular flexibility index (Phi) is 7.35. The van der Waals surface area contributed by atoms with Gasteiger partial charge in [0.1, 0.15) is 18.4 Å². The number of aromatic nitrogens is 1. The highest BCUT2D eigenvalue weighted by molar-refractivity contribution is 6.04. The summed E-state index contributed by atoms with van der Waals surface area (Å²) in [5.41, 5.74) is 0.121. The number of fused-ring (bicyclic) bond motifs is 1. The number of ether oxygens (including phenoxy) is 1. The SMILES string of the molecule is CC(C)Oc1ccc([C@@H]2[C@@H](C(=O)Nc3ccc(F)c(C#N)c3)c3ccccc3C(=O)N2CC(F)(F)F)cn1. The first kappa shape index (κ1) is 26.6. The van der Waals surface area contributed by atoms with Gasteiger partial charge in [-0.3, -0.25) is 9.59 Å². The minimum absolute atomic E-state index is 0.0438. The lowest BCUT2D eigenvalue weighted by Crippen LogP contribution is -2.49. The fourth-order valence-corrected chi connectivity index (χ4v) is 4.40. The Bertz CT molecular complexity index is 1400. The second-order valence-corrected chi connectivity index (χ2v) is 8.95. The summed E-state index contributed by atoms with van der Waals surface area (Å²) in [6.07, 6.45) is -3.68. The number of benzene rings is 2. The molecule has 0 aliphatic carbocycles. The monoisotopic (exact) mass is 526 g/mol. The Morgan fingerprint density at radius 3 is 2.55 bits per heavy atom. The van der Waals surface area contributed by atoms with Gasteiger partial charge in [0.25, 0.3) is 5.91 Å². The van der Waals surface area contributed by atoms with E-state index in [4.69, 9.17) is 10.00 Å². The Labute approximate surface area is 215 Å². The van der Waals surface area contributed by atoms with Crippen LogP contribution in [0.2, 0.25) is 0 Å². The van der Waals surface area contributed by atoms with E-state index in [-0.39, 0.29) is 39.9 Å². The number of alkyl halides is 3. The van der Waals surface area contributed by atoms with Crippen LogP contribution in [0.3, 0.4) is 0 Å². The van der Waals surface area contributed by atoms with Gasteiger partial charge >= 0.3 is 6.18 Å². The lowest BCUT2D eigenvalue weighted by atomic mass is 9.79. The number of anilines is 1. The highest BCUT2D eigenvalue weighted by Gasteiger charge is 2.48. The maximum Gasteiger partial charge on any atom is 0.406 e. The number of carbonyl (C=O) groups is 2. The maximum absolute atomic E-state index is 13.8. The molecule has 2 heterocycles. The topological polar surface area (TPSA) is 95.3 Å². The van der Waals surface area contributed by atoms with Crippen LogP contribution in [0, 0.1) is 17.1 Å². The van der Waals surface area contributed by atoms with Gasteiger partial charge in [0.05, 0.1) is 23.6 Å². The first-order chi connectivity index (χ1) is 18.0. The number of carbonyl (C=O) groups excluding carboxylic acids is 2. The molecule has 3 aromatic rings. The van der Waals surface area contributed by atoms with Gasteiger partial charge in [-0.2, -0.15) is 18.4 Å². The second-order valence-electron chi connectivity index (χ2n) is 8.95. The van der Waals surface area contributed by atoms with Crippen molar-refractivity contribution in [1.29, 1.82) is 5.26 Å². The normalized spacial score (nSPS) is 17.1. The van der Waals surface area contributed by atoms with Crippen LogP contribution in [-0.4, -0.2) is 40.5 Å². The van der Waals surface area contributed by atoms with Crippen molar-refractivity contribution in [2.24, 2.45) is 0 Å². The van der Waals surface area contributed by atoms with Crippen LogP contribution in [-0.2, 0) is 4.79 Å². The van der Waals surface area contributed by atoms with Crippen molar-refractivity contribution in [3.63, 3.8) is 0 Å². The fraction of sp³-hybridized carbons (Fsp3) is 0.259. The maximum atomic E-state index is 13.8. The summed E-state index contributed by atoms with van der Waals surface area (Å²) in [5.74, 6) is -3.49. The van der Waals surface area contributed by atoms with E-state index < -0.39 is 42.3 Å². The number of hydrogen-bond acceptors (Lipinski definition) is 5. The Morgan fingerprint density at radius 2 is 1.92 bits per heavy atom. The molecule has 0 fully saturated rings. The van der Waals surface area contributed by atoms with Crippen molar-refractivity contribution in [2.45, 2.75) is 38.1 Å². The minimum Gasteiger partial charge on any atom is -0.475 e. The summed E-state index contributed by atoms with van der Waals surface area (Å²) in [5, 5.41) is 11.7. The average Bonchev–Trinajstić information content (AvgIpc) is 2.86. The lowest BCUT2D eigenvalue weighted by Gasteiger charge is -2.41. The molecule has 11 heteroatoms. The van der Waals surface area contributed by atoms with Gasteiger partial charge in [0.2, 0.25) is 11.8 Å². The number of amides is 2. The van der Waals surface area contributed by atoms with E-state index in [1.54, 1.807) is 26.0 Å². The van der Waals surface area contributed by atoms with E-state index in [0.717, 1.165) is 12.1 Å². The number of nitrogens with zero attached hydrogens (tertiary/aromatic N) is 3. The highest BCUT2D eigenvalue weighted by Crippen LogP contribution is 2.44. The van der Waals surface area contributed by atoms with Gasteiger partial charge in [-0.25, -0.2) is 9.37 Å². The molecule has 0 unspecified atom stereocenters. The molecule has 1 aliphatic heterocycles. The molecule has 7 nitrogen and oxygen atoms in total. The summed E-state index contributed by atoms with van der Waals surface area (Å²) < 4.78 is 60.4. The fourth-order valence-electron chi connectivity index (χ4n) is 4.40. The summed E-state index contributed by atoms with van der Waals surface area (Å²) in [7, 11) is 0. The van der Waals surface area contributed by atoms with Crippen molar-refractivity contribution < 1.29 is 31.9 Å². The predicted molar refractivity (Wildman–Crippen MR) is 129 cm³/mol. The van der Waals surface area contributed by atoms with Gasteiger partial charge in [-0.15, -0.1) is 0 Å². The molecule has 0 bridgehead atoms. The molecule has 2 atom stereocenters. The van der Waals surface area contributed by atoms with E-state index in [1.807, 2.05) is 0 Å². The molecule has 2 amide bonds. The number of nitrogens with one attached hydrogen (secondary N) is 1. The third kappa shape index (κ3) is 5.59. The molecule has 1 aromatic heterocycles.